The van der Waals surface area contributed by atoms with Crippen LogP contribution in [0, 0.1) is 0 Å². The van der Waals surface area contributed by atoms with E-state index in [1.54, 1.807) is 0 Å². The molecule has 7 heteroatoms. The summed E-state index contributed by atoms with van der Waals surface area (Å²) in [5.74, 6) is 0.00151. The molecule has 86 valence electrons. The number of H-pyrrole nitrogens is 1. The first-order valence-corrected chi connectivity index (χ1v) is 4.34. The Bertz CT molecular complexity index is 476. The zero-order valence-corrected chi connectivity index (χ0v) is 7.85. The van der Waals surface area contributed by atoms with Crippen LogP contribution in [0.25, 0.3) is 11.0 Å². The zero-order valence-electron chi connectivity index (χ0n) is 7.85. The normalized spacial score (nSPS) is 11.9. The van der Waals surface area contributed by atoms with Crippen LogP contribution in [-0.2, 0) is 0 Å². The van der Waals surface area contributed by atoms with Crippen molar-refractivity contribution < 1.29 is 17.6 Å². The molecule has 0 aliphatic rings. The number of fused-ring (bicyclic) bond motifs is 1. The Morgan fingerprint density at radius 1 is 1.06 bits per heavy atom. The van der Waals surface area contributed by atoms with E-state index in [4.69, 9.17) is 5.73 Å². The average Bonchev–Trinajstić information content (AvgIpc) is 2.54. The fraction of sp³-hybridized carbons (Fsp3) is 0.222. The van der Waals surface area contributed by atoms with Crippen LogP contribution in [0.4, 0.5) is 23.5 Å². The number of halogens is 4. The molecule has 2 rings (SSSR count). The van der Waals surface area contributed by atoms with Crippen molar-refractivity contribution in [2.75, 3.05) is 5.73 Å². The summed E-state index contributed by atoms with van der Waals surface area (Å²) in [6.45, 7) is 0. The lowest BCUT2D eigenvalue weighted by Crippen LogP contribution is -1.95. The van der Waals surface area contributed by atoms with Gasteiger partial charge in [-0.2, -0.15) is 0 Å². The average molecular weight is 233 g/mol. The summed E-state index contributed by atoms with van der Waals surface area (Å²) in [6.07, 6.45) is -5.93. The fourth-order valence-electron chi connectivity index (χ4n) is 1.49. The first-order valence-electron chi connectivity index (χ1n) is 4.34. The Balaban J connectivity index is 2.70. The molecule has 2 aromatic rings. The maximum atomic E-state index is 12.5. The largest absolute Gasteiger partial charge is 0.369 e. The monoisotopic (exact) mass is 233 g/mol. The summed E-state index contributed by atoms with van der Waals surface area (Å²) in [5, 5.41) is 0. The van der Waals surface area contributed by atoms with Gasteiger partial charge >= 0.3 is 0 Å². The summed E-state index contributed by atoms with van der Waals surface area (Å²) < 4.78 is 50.1. The van der Waals surface area contributed by atoms with Crippen molar-refractivity contribution in [3.63, 3.8) is 0 Å². The number of nitrogen functional groups attached to an aromatic ring is 1. The summed E-state index contributed by atoms with van der Waals surface area (Å²) >= 11 is 0. The number of benzene rings is 1. The number of imidazole rings is 1. The number of aromatic nitrogens is 2. The van der Waals surface area contributed by atoms with E-state index in [9.17, 15) is 17.6 Å². The molecule has 0 atom stereocenters. The number of aromatic amines is 1. The Kier molecular flexibility index (Phi) is 2.45. The van der Waals surface area contributed by atoms with Crippen LogP contribution in [0.3, 0.4) is 0 Å². The third kappa shape index (κ3) is 1.68. The van der Waals surface area contributed by atoms with Gasteiger partial charge in [0.25, 0.3) is 12.9 Å². The number of hydrogen-bond acceptors (Lipinski definition) is 2. The summed E-state index contributed by atoms with van der Waals surface area (Å²) in [4.78, 5) is 6.21. The second-order valence-electron chi connectivity index (χ2n) is 3.22. The number of anilines is 1. The van der Waals surface area contributed by atoms with Gasteiger partial charge in [-0.3, -0.25) is 0 Å². The van der Waals surface area contributed by atoms with Gasteiger partial charge in [-0.25, -0.2) is 22.5 Å². The third-order valence-corrected chi connectivity index (χ3v) is 2.18. The van der Waals surface area contributed by atoms with Crippen LogP contribution in [-0.4, -0.2) is 9.97 Å². The van der Waals surface area contributed by atoms with Gasteiger partial charge in [0.15, 0.2) is 5.95 Å². The molecule has 0 spiro atoms. The number of nitrogens with one attached hydrogen (secondary N) is 1. The predicted octanol–water partition coefficient (Wildman–Crippen LogP) is 3.02. The van der Waals surface area contributed by atoms with Crippen LogP contribution in [0.15, 0.2) is 12.1 Å². The molecule has 0 saturated heterocycles. The minimum atomic E-state index is -2.97. The lowest BCUT2D eigenvalue weighted by atomic mass is 10.1. The molecular weight excluding hydrogens is 226 g/mol. The standard InChI is InChI=1S/C9H7F4N3/c10-7(11)3-1-5-6(16-9(14)15-5)2-4(3)8(12)13/h1-2,7-8H,(H3,14,15,16). The lowest BCUT2D eigenvalue weighted by molar-refractivity contribution is 0.124. The van der Waals surface area contributed by atoms with Gasteiger partial charge in [0.1, 0.15) is 0 Å². The SMILES string of the molecule is Nc1nc2cc(C(F)F)c(C(F)F)cc2[nH]1. The van der Waals surface area contributed by atoms with E-state index < -0.39 is 24.0 Å². The lowest BCUT2D eigenvalue weighted by Gasteiger charge is -2.07. The van der Waals surface area contributed by atoms with E-state index in [0.29, 0.717) is 0 Å². The molecule has 0 saturated carbocycles. The minimum Gasteiger partial charge on any atom is -0.369 e. The Labute approximate surface area is 87.3 Å². The van der Waals surface area contributed by atoms with Gasteiger partial charge in [0.2, 0.25) is 0 Å². The highest BCUT2D eigenvalue weighted by Crippen LogP contribution is 2.33. The molecule has 1 heterocycles. The quantitative estimate of drug-likeness (QED) is 0.783. The molecular formula is C9H7F4N3. The number of rotatable bonds is 2. The highest BCUT2D eigenvalue weighted by molar-refractivity contribution is 5.79. The van der Waals surface area contributed by atoms with Gasteiger partial charge in [-0.15, -0.1) is 0 Å². The number of nitrogens with zero attached hydrogens (tertiary/aromatic N) is 1. The smallest absolute Gasteiger partial charge is 0.264 e. The van der Waals surface area contributed by atoms with Crippen LogP contribution >= 0.6 is 0 Å². The molecule has 0 bridgehead atoms. The fourth-order valence-corrected chi connectivity index (χ4v) is 1.49. The molecule has 0 aliphatic heterocycles. The summed E-state index contributed by atoms with van der Waals surface area (Å²) in [6, 6.07) is 1.87. The molecule has 3 N–H and O–H groups in total. The van der Waals surface area contributed by atoms with Gasteiger partial charge in [-0.05, 0) is 12.1 Å². The maximum Gasteiger partial charge on any atom is 0.264 e. The topological polar surface area (TPSA) is 54.7 Å². The summed E-state index contributed by atoms with van der Waals surface area (Å²) in [5.41, 5.74) is 4.25. The predicted molar refractivity (Wildman–Crippen MR) is 50.4 cm³/mol. The van der Waals surface area contributed by atoms with E-state index in [1.807, 2.05) is 0 Å². The van der Waals surface area contributed by atoms with Gasteiger partial charge < -0.3 is 10.7 Å². The van der Waals surface area contributed by atoms with Crippen LogP contribution in [0.1, 0.15) is 24.0 Å². The Morgan fingerprint density at radius 3 is 2.19 bits per heavy atom. The van der Waals surface area contributed by atoms with Crippen LogP contribution in [0.5, 0.6) is 0 Å². The van der Waals surface area contributed by atoms with E-state index in [1.165, 1.54) is 0 Å². The van der Waals surface area contributed by atoms with Crippen LogP contribution in [0.2, 0.25) is 0 Å². The highest BCUT2D eigenvalue weighted by Gasteiger charge is 2.21. The van der Waals surface area contributed by atoms with E-state index in [0.717, 1.165) is 12.1 Å². The number of alkyl halides is 4. The second kappa shape index (κ2) is 3.66. The number of nitrogens with two attached hydrogens (primary N) is 1. The maximum absolute atomic E-state index is 12.5. The second-order valence-corrected chi connectivity index (χ2v) is 3.22. The van der Waals surface area contributed by atoms with Crippen molar-refractivity contribution in [3.8, 4) is 0 Å². The highest BCUT2D eigenvalue weighted by atomic mass is 19.3. The van der Waals surface area contributed by atoms with Crippen molar-refractivity contribution >= 4 is 17.0 Å². The van der Waals surface area contributed by atoms with Crippen molar-refractivity contribution in [2.24, 2.45) is 0 Å². The Hall–Kier alpha value is -1.79. The van der Waals surface area contributed by atoms with Crippen molar-refractivity contribution in [1.82, 2.24) is 9.97 Å². The van der Waals surface area contributed by atoms with Gasteiger partial charge in [-0.1, -0.05) is 0 Å². The van der Waals surface area contributed by atoms with E-state index in [-0.39, 0.29) is 17.0 Å². The van der Waals surface area contributed by atoms with Crippen molar-refractivity contribution in [1.29, 1.82) is 0 Å². The molecule has 3 nitrogen and oxygen atoms in total. The van der Waals surface area contributed by atoms with E-state index >= 15 is 0 Å². The first kappa shape index (κ1) is 10.7. The molecule has 0 fully saturated rings. The van der Waals surface area contributed by atoms with Gasteiger partial charge in [0, 0.05) is 11.1 Å². The van der Waals surface area contributed by atoms with Crippen molar-refractivity contribution in [3.05, 3.63) is 23.3 Å². The molecule has 0 aliphatic carbocycles. The van der Waals surface area contributed by atoms with E-state index in [2.05, 4.69) is 9.97 Å². The number of hydrogen-bond donors (Lipinski definition) is 2. The summed E-state index contributed by atoms with van der Waals surface area (Å²) in [7, 11) is 0. The third-order valence-electron chi connectivity index (χ3n) is 2.18. The van der Waals surface area contributed by atoms with Crippen LogP contribution < -0.4 is 5.73 Å². The molecule has 0 unspecified atom stereocenters. The molecule has 0 radical (unpaired) electrons. The zero-order chi connectivity index (χ0) is 11.9. The molecule has 1 aromatic carbocycles. The van der Waals surface area contributed by atoms with Crippen molar-refractivity contribution in [2.45, 2.75) is 12.9 Å². The van der Waals surface area contributed by atoms with Gasteiger partial charge in [0.05, 0.1) is 11.0 Å². The first-order chi connectivity index (χ1) is 7.49. The molecule has 0 amide bonds. The Morgan fingerprint density at radius 2 is 1.62 bits per heavy atom. The molecule has 16 heavy (non-hydrogen) atoms. The molecule has 1 aromatic heterocycles. The minimum absolute atomic E-state index is 0.00151.